The van der Waals surface area contributed by atoms with Gasteiger partial charge in [-0.3, -0.25) is 4.79 Å². The molecular weight excluding hydrogens is 370 g/mol. The van der Waals surface area contributed by atoms with E-state index in [0.717, 1.165) is 35.2 Å². The highest BCUT2D eigenvalue weighted by atomic mass is 32.1. The summed E-state index contributed by atoms with van der Waals surface area (Å²) in [5.41, 5.74) is 4.49. The van der Waals surface area contributed by atoms with Gasteiger partial charge in [0.2, 0.25) is 11.8 Å². The van der Waals surface area contributed by atoms with E-state index >= 15 is 0 Å². The normalized spacial score (nSPS) is 12.0. The maximum atomic E-state index is 11.7. The van der Waals surface area contributed by atoms with Gasteiger partial charge < -0.3 is 15.1 Å². The Kier molecular flexibility index (Phi) is 6.41. The number of carbonyl (C=O) groups is 1. The first-order chi connectivity index (χ1) is 13.5. The van der Waals surface area contributed by atoms with Crippen LogP contribution in [0.5, 0.6) is 0 Å². The Morgan fingerprint density at radius 2 is 2.04 bits per heavy atom. The van der Waals surface area contributed by atoms with Gasteiger partial charge >= 0.3 is 0 Å². The average Bonchev–Trinajstić information content (AvgIpc) is 3.11. The molecule has 3 rings (SSSR count). The SMILES string of the molecule is CCCC(=O)NC(=S)Nc1cccc(-c2nc3cc([C@@H](C)CC)ccc3o2)c1. The van der Waals surface area contributed by atoms with Crippen molar-refractivity contribution >= 4 is 40.0 Å². The third kappa shape index (κ3) is 4.75. The van der Waals surface area contributed by atoms with Crippen molar-refractivity contribution in [3.05, 3.63) is 48.0 Å². The summed E-state index contributed by atoms with van der Waals surface area (Å²) in [5, 5.41) is 6.00. The fourth-order valence-electron chi connectivity index (χ4n) is 2.92. The molecule has 3 aromatic rings. The van der Waals surface area contributed by atoms with Crippen LogP contribution in [0.2, 0.25) is 0 Å². The Morgan fingerprint density at radius 3 is 2.79 bits per heavy atom. The van der Waals surface area contributed by atoms with E-state index in [1.165, 1.54) is 5.56 Å². The third-order valence-electron chi connectivity index (χ3n) is 4.69. The van der Waals surface area contributed by atoms with Crippen molar-refractivity contribution in [2.24, 2.45) is 0 Å². The van der Waals surface area contributed by atoms with Crippen LogP contribution in [0, 0.1) is 0 Å². The molecule has 1 amide bonds. The average molecular weight is 396 g/mol. The summed E-state index contributed by atoms with van der Waals surface area (Å²) in [4.78, 5) is 16.3. The maximum Gasteiger partial charge on any atom is 0.227 e. The monoisotopic (exact) mass is 395 g/mol. The molecule has 1 heterocycles. The van der Waals surface area contributed by atoms with Crippen molar-refractivity contribution in [1.29, 1.82) is 0 Å². The second kappa shape index (κ2) is 8.97. The van der Waals surface area contributed by atoms with Crippen molar-refractivity contribution in [2.45, 2.75) is 46.0 Å². The first kappa shape index (κ1) is 20.0. The molecule has 146 valence electrons. The minimum Gasteiger partial charge on any atom is -0.436 e. The minimum atomic E-state index is -0.0905. The summed E-state index contributed by atoms with van der Waals surface area (Å²) in [6, 6.07) is 13.8. The lowest BCUT2D eigenvalue weighted by atomic mass is 9.98. The van der Waals surface area contributed by atoms with Crippen LogP contribution in [0.3, 0.4) is 0 Å². The number of fused-ring (bicyclic) bond motifs is 1. The molecule has 6 heteroatoms. The van der Waals surface area contributed by atoms with Gasteiger partial charge in [0.1, 0.15) is 5.52 Å². The third-order valence-corrected chi connectivity index (χ3v) is 4.89. The van der Waals surface area contributed by atoms with E-state index in [2.05, 4.69) is 41.6 Å². The molecule has 0 fully saturated rings. The van der Waals surface area contributed by atoms with Crippen molar-refractivity contribution < 1.29 is 9.21 Å². The second-order valence-corrected chi connectivity index (χ2v) is 7.30. The number of oxazole rings is 1. The highest BCUT2D eigenvalue weighted by Crippen LogP contribution is 2.29. The lowest BCUT2D eigenvalue weighted by Gasteiger charge is -2.09. The summed E-state index contributed by atoms with van der Waals surface area (Å²) >= 11 is 5.21. The highest BCUT2D eigenvalue weighted by molar-refractivity contribution is 7.80. The lowest BCUT2D eigenvalue weighted by Crippen LogP contribution is -2.33. The molecule has 5 nitrogen and oxygen atoms in total. The Labute approximate surface area is 170 Å². The predicted molar refractivity (Wildman–Crippen MR) is 117 cm³/mol. The molecule has 1 aromatic heterocycles. The Hall–Kier alpha value is -2.73. The smallest absolute Gasteiger partial charge is 0.227 e. The maximum absolute atomic E-state index is 11.7. The van der Waals surface area contributed by atoms with Crippen molar-refractivity contribution in [1.82, 2.24) is 10.3 Å². The van der Waals surface area contributed by atoms with Gasteiger partial charge in [0.05, 0.1) is 0 Å². The molecule has 0 aliphatic heterocycles. The quantitative estimate of drug-likeness (QED) is 0.530. The summed E-state index contributed by atoms with van der Waals surface area (Å²) < 4.78 is 5.94. The molecule has 0 unspecified atom stereocenters. The summed E-state index contributed by atoms with van der Waals surface area (Å²) in [5.74, 6) is 0.953. The fraction of sp³-hybridized carbons (Fsp3) is 0.318. The number of hydrogen-bond acceptors (Lipinski definition) is 4. The number of thiocarbonyl (C=S) groups is 1. The molecule has 2 N–H and O–H groups in total. The molecule has 28 heavy (non-hydrogen) atoms. The highest BCUT2D eigenvalue weighted by Gasteiger charge is 2.12. The number of benzene rings is 2. The van der Waals surface area contributed by atoms with Gasteiger partial charge in [-0.05, 0) is 66.9 Å². The molecule has 0 saturated heterocycles. The number of aromatic nitrogens is 1. The Balaban J connectivity index is 1.79. The van der Waals surface area contributed by atoms with Crippen LogP contribution in [0.25, 0.3) is 22.6 Å². The fourth-order valence-corrected chi connectivity index (χ4v) is 3.15. The zero-order valence-corrected chi connectivity index (χ0v) is 17.2. The van der Waals surface area contributed by atoms with Crippen LogP contribution in [0.1, 0.15) is 51.5 Å². The van der Waals surface area contributed by atoms with Gasteiger partial charge in [0.15, 0.2) is 10.7 Å². The topological polar surface area (TPSA) is 67.2 Å². The van der Waals surface area contributed by atoms with Crippen LogP contribution < -0.4 is 10.6 Å². The standard InChI is InChI=1S/C22H25N3O2S/c1-4-7-20(26)25-22(28)23-17-9-6-8-16(12-17)21-24-18-13-15(14(3)5-2)10-11-19(18)27-21/h6,8-14H,4-5,7H2,1-3H3,(H2,23,25,26,28)/t14-/m0/s1. The van der Waals surface area contributed by atoms with E-state index in [-0.39, 0.29) is 11.0 Å². The van der Waals surface area contributed by atoms with Crippen LogP contribution in [-0.4, -0.2) is 16.0 Å². The van der Waals surface area contributed by atoms with Gasteiger partial charge in [-0.15, -0.1) is 0 Å². The van der Waals surface area contributed by atoms with Crippen molar-refractivity contribution in [3.63, 3.8) is 0 Å². The Morgan fingerprint density at radius 1 is 1.21 bits per heavy atom. The molecule has 0 bridgehead atoms. The van der Waals surface area contributed by atoms with Crippen LogP contribution in [0.15, 0.2) is 46.9 Å². The van der Waals surface area contributed by atoms with Gasteiger partial charge in [0, 0.05) is 17.7 Å². The van der Waals surface area contributed by atoms with Crippen LogP contribution >= 0.6 is 12.2 Å². The van der Waals surface area contributed by atoms with E-state index < -0.39 is 0 Å². The van der Waals surface area contributed by atoms with Gasteiger partial charge in [0.25, 0.3) is 0 Å². The Bertz CT molecular complexity index is 996. The lowest BCUT2D eigenvalue weighted by molar-refractivity contribution is -0.119. The summed E-state index contributed by atoms with van der Waals surface area (Å²) in [6.45, 7) is 6.34. The number of rotatable bonds is 6. The molecular formula is C22H25N3O2S. The van der Waals surface area contributed by atoms with E-state index in [9.17, 15) is 4.79 Å². The zero-order chi connectivity index (χ0) is 20.1. The molecule has 1 atom stereocenters. The van der Waals surface area contributed by atoms with Crippen LogP contribution in [-0.2, 0) is 4.79 Å². The van der Waals surface area contributed by atoms with E-state index in [1.54, 1.807) is 0 Å². The molecule has 0 aliphatic carbocycles. The zero-order valence-electron chi connectivity index (χ0n) is 16.4. The van der Waals surface area contributed by atoms with Crippen molar-refractivity contribution in [2.75, 3.05) is 5.32 Å². The number of hydrogen-bond donors (Lipinski definition) is 2. The first-order valence-corrected chi connectivity index (χ1v) is 10.0. The first-order valence-electron chi connectivity index (χ1n) is 9.62. The molecule has 0 aliphatic rings. The minimum absolute atomic E-state index is 0.0905. The second-order valence-electron chi connectivity index (χ2n) is 6.89. The number of carbonyl (C=O) groups excluding carboxylic acids is 1. The largest absolute Gasteiger partial charge is 0.436 e. The molecule has 0 radical (unpaired) electrons. The summed E-state index contributed by atoms with van der Waals surface area (Å²) in [7, 11) is 0. The summed E-state index contributed by atoms with van der Waals surface area (Å²) in [6.07, 6.45) is 2.31. The number of nitrogens with one attached hydrogen (secondary N) is 2. The number of nitrogens with zero attached hydrogens (tertiary/aromatic N) is 1. The van der Waals surface area contributed by atoms with E-state index in [0.29, 0.717) is 18.2 Å². The van der Waals surface area contributed by atoms with Gasteiger partial charge in [-0.1, -0.05) is 32.9 Å². The number of amides is 1. The van der Waals surface area contributed by atoms with Crippen LogP contribution in [0.4, 0.5) is 5.69 Å². The molecule has 0 spiro atoms. The van der Waals surface area contributed by atoms with E-state index in [1.807, 2.05) is 37.3 Å². The van der Waals surface area contributed by atoms with Crippen molar-refractivity contribution in [3.8, 4) is 11.5 Å². The van der Waals surface area contributed by atoms with Gasteiger partial charge in [-0.2, -0.15) is 0 Å². The van der Waals surface area contributed by atoms with E-state index in [4.69, 9.17) is 16.6 Å². The molecule has 0 saturated carbocycles. The van der Waals surface area contributed by atoms with Gasteiger partial charge in [-0.25, -0.2) is 4.98 Å². The number of anilines is 1. The predicted octanol–water partition coefficient (Wildman–Crippen LogP) is 5.62. The molecule has 2 aromatic carbocycles.